The maximum Gasteiger partial charge on any atom is 0.416 e. The molecule has 162 valence electrons. The van der Waals surface area contributed by atoms with E-state index in [0.717, 1.165) is 29.7 Å². The molecule has 0 N–H and O–H groups in total. The monoisotopic (exact) mass is 469 g/mol. The van der Waals surface area contributed by atoms with E-state index in [-0.39, 0.29) is 9.83 Å². The first-order valence-electron chi connectivity index (χ1n) is 9.34. The molecule has 3 aromatic rings. The van der Waals surface area contributed by atoms with Crippen LogP contribution in [0.5, 0.6) is 0 Å². The molecule has 31 heavy (non-hydrogen) atoms. The largest absolute Gasteiger partial charge is 0.416 e. The number of non-ortho nitro benzene ring substituents is 1. The molecule has 1 aliphatic rings. The first kappa shape index (κ1) is 21.5. The van der Waals surface area contributed by atoms with E-state index in [2.05, 4.69) is 4.98 Å². The summed E-state index contributed by atoms with van der Waals surface area (Å²) >= 11 is 6.80. The lowest BCUT2D eigenvalue weighted by molar-refractivity contribution is -0.383. The van der Waals surface area contributed by atoms with Crippen LogP contribution in [0.25, 0.3) is 10.1 Å². The van der Waals surface area contributed by atoms with E-state index in [1.807, 2.05) is 29.2 Å². The lowest BCUT2D eigenvalue weighted by Gasteiger charge is -2.32. The zero-order chi connectivity index (χ0) is 22.3. The maximum absolute atomic E-state index is 13.1. The molecule has 2 heterocycles. The lowest BCUT2D eigenvalue weighted by Crippen LogP contribution is -2.34. The van der Waals surface area contributed by atoms with Crippen LogP contribution in [-0.2, 0) is 6.18 Å². The van der Waals surface area contributed by atoms with E-state index in [0.29, 0.717) is 36.2 Å². The maximum atomic E-state index is 13.1. The normalized spacial score (nSPS) is 15.4. The number of nitro benzene ring substituents is 1. The molecule has 6 nitrogen and oxygen atoms in total. The van der Waals surface area contributed by atoms with Crippen LogP contribution in [0.3, 0.4) is 0 Å². The lowest BCUT2D eigenvalue weighted by atomic mass is 9.90. The molecule has 0 aliphatic carbocycles. The van der Waals surface area contributed by atoms with Gasteiger partial charge in [0, 0.05) is 24.2 Å². The van der Waals surface area contributed by atoms with Crippen molar-refractivity contribution in [2.75, 3.05) is 18.0 Å². The van der Waals surface area contributed by atoms with Crippen molar-refractivity contribution in [3.63, 3.8) is 0 Å². The first-order chi connectivity index (χ1) is 14.6. The summed E-state index contributed by atoms with van der Waals surface area (Å²) in [6.45, 7) is 1.13. The predicted octanol–water partition coefficient (Wildman–Crippen LogP) is 5.62. The average Bonchev–Trinajstić information content (AvgIpc) is 2.73. The van der Waals surface area contributed by atoms with Gasteiger partial charge in [0.2, 0.25) is 0 Å². The second-order valence-corrected chi connectivity index (χ2v) is 8.66. The minimum Gasteiger partial charge on any atom is -0.348 e. The van der Waals surface area contributed by atoms with Crippen LogP contribution >= 0.6 is 22.9 Å². The Bertz CT molecular complexity index is 1210. The molecule has 0 saturated carbocycles. The van der Waals surface area contributed by atoms with E-state index in [4.69, 9.17) is 11.6 Å². The Morgan fingerprint density at radius 1 is 1.16 bits per heavy atom. The van der Waals surface area contributed by atoms with Crippen molar-refractivity contribution in [2.45, 2.75) is 24.9 Å². The molecule has 1 fully saturated rings. The Kier molecular flexibility index (Phi) is 5.61. The standard InChI is InChI=1S/C20H15ClF3N3O3S/c21-14-3-1-11(2-4-14)12-5-7-26(8-6-12)19-25-18(28)15-9-13(20(22,23)24)10-16(27(29)30)17(15)31-19/h1-4,9-10,12H,5-8H2. The summed E-state index contributed by atoms with van der Waals surface area (Å²) in [5.74, 6) is 0.300. The Labute approximate surface area is 183 Å². The summed E-state index contributed by atoms with van der Waals surface area (Å²) in [6.07, 6.45) is -3.26. The fourth-order valence-electron chi connectivity index (χ4n) is 3.71. The predicted molar refractivity (Wildman–Crippen MR) is 113 cm³/mol. The number of aromatic nitrogens is 1. The molecule has 1 aliphatic heterocycles. The van der Waals surface area contributed by atoms with Crippen LogP contribution in [0.4, 0.5) is 24.0 Å². The second-order valence-electron chi connectivity index (χ2n) is 7.24. The highest BCUT2D eigenvalue weighted by Crippen LogP contribution is 2.39. The van der Waals surface area contributed by atoms with E-state index in [1.54, 1.807) is 0 Å². The van der Waals surface area contributed by atoms with Crippen molar-refractivity contribution in [2.24, 2.45) is 0 Å². The van der Waals surface area contributed by atoms with Gasteiger partial charge in [0.25, 0.3) is 11.2 Å². The molecule has 0 spiro atoms. The number of anilines is 1. The van der Waals surface area contributed by atoms with Crippen LogP contribution in [0.1, 0.15) is 29.9 Å². The Morgan fingerprint density at radius 3 is 2.39 bits per heavy atom. The average molecular weight is 470 g/mol. The summed E-state index contributed by atoms with van der Waals surface area (Å²) in [5.41, 5.74) is -1.74. The number of nitro groups is 1. The molecule has 4 rings (SSSR count). The number of halogens is 4. The summed E-state index contributed by atoms with van der Waals surface area (Å²) < 4.78 is 39.2. The van der Waals surface area contributed by atoms with Gasteiger partial charge in [0.1, 0.15) is 4.70 Å². The molecule has 1 aromatic heterocycles. The minimum absolute atomic E-state index is 0.104. The molecule has 0 atom stereocenters. The quantitative estimate of drug-likeness (QED) is 0.367. The number of benzene rings is 2. The number of hydrogen-bond donors (Lipinski definition) is 0. The van der Waals surface area contributed by atoms with Gasteiger partial charge in [-0.3, -0.25) is 14.9 Å². The molecule has 11 heteroatoms. The summed E-state index contributed by atoms with van der Waals surface area (Å²) in [6, 6.07) is 8.69. The van der Waals surface area contributed by atoms with Crippen LogP contribution in [0, 0.1) is 10.1 Å². The van der Waals surface area contributed by atoms with Gasteiger partial charge in [0.05, 0.1) is 15.9 Å². The minimum atomic E-state index is -4.81. The highest BCUT2D eigenvalue weighted by Gasteiger charge is 2.34. The van der Waals surface area contributed by atoms with E-state index in [1.165, 1.54) is 0 Å². The SMILES string of the molecule is O=c1nc(N2CCC(c3ccc(Cl)cc3)CC2)sc2c([N+](=O)[O-])cc(C(F)(F)F)cc12. The van der Waals surface area contributed by atoms with Crippen LogP contribution in [0.15, 0.2) is 41.2 Å². The number of alkyl halides is 3. The van der Waals surface area contributed by atoms with Crippen LogP contribution < -0.4 is 10.5 Å². The van der Waals surface area contributed by atoms with Crippen LogP contribution in [-0.4, -0.2) is 23.0 Å². The summed E-state index contributed by atoms with van der Waals surface area (Å²) in [5, 5.41) is 11.9. The molecule has 1 saturated heterocycles. The van der Waals surface area contributed by atoms with Crippen molar-refractivity contribution in [3.05, 3.63) is 73.0 Å². The third kappa shape index (κ3) is 4.35. The number of fused-ring (bicyclic) bond motifs is 1. The van der Waals surface area contributed by atoms with Crippen LogP contribution in [0.2, 0.25) is 5.02 Å². The zero-order valence-corrected chi connectivity index (χ0v) is 17.4. The highest BCUT2D eigenvalue weighted by atomic mass is 35.5. The van der Waals surface area contributed by atoms with Gasteiger partial charge in [-0.25, -0.2) is 0 Å². The second kappa shape index (κ2) is 8.08. The molecule has 0 unspecified atom stereocenters. The number of piperidine rings is 1. The number of nitrogens with zero attached hydrogens (tertiary/aromatic N) is 3. The van der Waals surface area contributed by atoms with Gasteiger partial charge in [-0.05, 0) is 42.5 Å². The third-order valence-electron chi connectivity index (χ3n) is 5.32. The van der Waals surface area contributed by atoms with Gasteiger partial charge >= 0.3 is 6.18 Å². The molecular formula is C20H15ClF3N3O3S. The van der Waals surface area contributed by atoms with E-state index in [9.17, 15) is 28.1 Å². The van der Waals surface area contributed by atoms with Gasteiger partial charge in [-0.1, -0.05) is 35.1 Å². The molecule has 0 radical (unpaired) electrons. The van der Waals surface area contributed by atoms with Crippen molar-refractivity contribution < 1.29 is 18.1 Å². The fraction of sp³-hybridized carbons (Fsp3) is 0.300. The Hall–Kier alpha value is -2.72. The zero-order valence-electron chi connectivity index (χ0n) is 15.9. The Balaban J connectivity index is 1.66. The molecule has 0 bridgehead atoms. The topological polar surface area (TPSA) is 76.3 Å². The van der Waals surface area contributed by atoms with E-state index < -0.39 is 33.3 Å². The third-order valence-corrected chi connectivity index (χ3v) is 6.74. The first-order valence-corrected chi connectivity index (χ1v) is 10.5. The van der Waals surface area contributed by atoms with Crippen molar-refractivity contribution in [3.8, 4) is 0 Å². The number of rotatable bonds is 3. The molecule has 2 aromatic carbocycles. The van der Waals surface area contributed by atoms with Crippen molar-refractivity contribution >= 4 is 43.8 Å². The van der Waals surface area contributed by atoms with Gasteiger partial charge in [-0.15, -0.1) is 0 Å². The Morgan fingerprint density at radius 2 is 1.81 bits per heavy atom. The molecule has 0 amide bonds. The highest BCUT2D eigenvalue weighted by molar-refractivity contribution is 7.22. The fourth-order valence-corrected chi connectivity index (χ4v) is 4.96. The van der Waals surface area contributed by atoms with Gasteiger partial charge < -0.3 is 4.90 Å². The number of hydrogen-bond acceptors (Lipinski definition) is 6. The van der Waals surface area contributed by atoms with Gasteiger partial charge in [0.15, 0.2) is 5.13 Å². The summed E-state index contributed by atoms with van der Waals surface area (Å²) in [4.78, 5) is 28.8. The smallest absolute Gasteiger partial charge is 0.348 e. The van der Waals surface area contributed by atoms with Crippen molar-refractivity contribution in [1.29, 1.82) is 0 Å². The summed E-state index contributed by atoms with van der Waals surface area (Å²) in [7, 11) is 0. The van der Waals surface area contributed by atoms with E-state index >= 15 is 0 Å². The van der Waals surface area contributed by atoms with Crippen molar-refractivity contribution in [1.82, 2.24) is 4.98 Å². The van der Waals surface area contributed by atoms with Gasteiger partial charge in [-0.2, -0.15) is 18.2 Å². The molecular weight excluding hydrogens is 455 g/mol.